The zero-order valence-corrected chi connectivity index (χ0v) is 11.1. The Balaban J connectivity index is 1.99. The van der Waals surface area contributed by atoms with Crippen LogP contribution in [0.15, 0.2) is 59.2 Å². The second-order valence-electron chi connectivity index (χ2n) is 4.70. The minimum absolute atomic E-state index is 0.668. The van der Waals surface area contributed by atoms with Gasteiger partial charge >= 0.3 is 0 Å². The lowest BCUT2D eigenvalue weighted by molar-refractivity contribution is 0.575. The fraction of sp³-hybridized carbons (Fsp3) is 0.118. The Hall–Kier alpha value is -2.35. The highest BCUT2D eigenvalue weighted by Gasteiger charge is 2.08. The summed E-state index contributed by atoms with van der Waals surface area (Å²) in [5, 5.41) is 0. The van der Waals surface area contributed by atoms with E-state index >= 15 is 0 Å². The van der Waals surface area contributed by atoms with Crippen molar-refractivity contribution in [2.45, 2.75) is 13.8 Å². The molecule has 0 saturated carbocycles. The highest BCUT2D eigenvalue weighted by Crippen LogP contribution is 2.25. The van der Waals surface area contributed by atoms with E-state index in [1.807, 2.05) is 36.4 Å². The van der Waals surface area contributed by atoms with E-state index in [2.05, 4.69) is 31.0 Å². The van der Waals surface area contributed by atoms with Crippen LogP contribution in [0.1, 0.15) is 11.1 Å². The lowest BCUT2D eigenvalue weighted by Crippen LogP contribution is -1.84. The molecule has 1 heterocycles. The van der Waals surface area contributed by atoms with Crippen LogP contribution in [0.2, 0.25) is 0 Å². The molecule has 0 radical (unpaired) electrons. The first-order chi connectivity index (χ1) is 9.24. The van der Waals surface area contributed by atoms with E-state index in [9.17, 15) is 0 Å². The number of aromatic nitrogens is 1. The monoisotopic (exact) mass is 249 g/mol. The Kier molecular flexibility index (Phi) is 2.92. The first kappa shape index (κ1) is 11.7. The van der Waals surface area contributed by atoms with Crippen molar-refractivity contribution in [1.82, 2.24) is 4.98 Å². The Morgan fingerprint density at radius 1 is 0.842 bits per heavy atom. The summed E-state index contributed by atoms with van der Waals surface area (Å²) in [4.78, 5) is 4.55. The summed E-state index contributed by atoms with van der Waals surface area (Å²) < 4.78 is 5.59. The van der Waals surface area contributed by atoms with Crippen LogP contribution in [0.25, 0.3) is 22.7 Å². The summed E-state index contributed by atoms with van der Waals surface area (Å²) in [5.74, 6) is 0.668. The maximum Gasteiger partial charge on any atom is 0.226 e. The Morgan fingerprint density at radius 3 is 2.37 bits per heavy atom. The van der Waals surface area contributed by atoms with Crippen LogP contribution < -0.4 is 0 Å². The second kappa shape index (κ2) is 4.73. The normalized spacial score (nSPS) is 10.6. The van der Waals surface area contributed by atoms with Crippen LogP contribution in [-0.4, -0.2) is 4.98 Å². The topological polar surface area (TPSA) is 26.0 Å². The largest absolute Gasteiger partial charge is 0.444 e. The number of nitrogens with zero attached hydrogens (tertiary/aromatic N) is 1. The van der Waals surface area contributed by atoms with Gasteiger partial charge < -0.3 is 4.42 Å². The van der Waals surface area contributed by atoms with Crippen molar-refractivity contribution in [2.75, 3.05) is 0 Å². The Bertz CT molecular complexity index is 698. The van der Waals surface area contributed by atoms with E-state index in [1.165, 1.54) is 11.1 Å². The average molecular weight is 249 g/mol. The van der Waals surface area contributed by atoms with Crippen molar-refractivity contribution >= 4 is 0 Å². The summed E-state index contributed by atoms with van der Waals surface area (Å²) in [6.07, 6.45) is 1.71. The fourth-order valence-corrected chi connectivity index (χ4v) is 2.02. The molecule has 0 aliphatic carbocycles. The lowest BCUT2D eigenvalue weighted by atomic mass is 10.1. The molecular formula is C17H15NO. The van der Waals surface area contributed by atoms with E-state index in [-0.39, 0.29) is 0 Å². The summed E-state index contributed by atoms with van der Waals surface area (Å²) in [6, 6.07) is 16.3. The van der Waals surface area contributed by atoms with Crippen molar-refractivity contribution in [3.05, 3.63) is 65.9 Å². The number of rotatable bonds is 2. The fourth-order valence-electron chi connectivity index (χ4n) is 2.02. The number of hydrogen-bond donors (Lipinski definition) is 0. The Morgan fingerprint density at radius 2 is 1.63 bits per heavy atom. The molecule has 2 aromatic carbocycles. The molecule has 0 amide bonds. The summed E-state index contributed by atoms with van der Waals surface area (Å²) in [7, 11) is 0. The predicted octanol–water partition coefficient (Wildman–Crippen LogP) is 4.63. The van der Waals surface area contributed by atoms with E-state index < -0.39 is 0 Å². The molecule has 2 heteroatoms. The zero-order valence-electron chi connectivity index (χ0n) is 11.1. The molecule has 0 saturated heterocycles. The van der Waals surface area contributed by atoms with Crippen molar-refractivity contribution in [3.63, 3.8) is 0 Å². The highest BCUT2D eigenvalue weighted by molar-refractivity contribution is 5.63. The number of hydrogen-bond acceptors (Lipinski definition) is 2. The molecule has 3 rings (SSSR count). The molecule has 0 aliphatic heterocycles. The number of benzene rings is 2. The molecule has 0 fully saturated rings. The van der Waals surface area contributed by atoms with Crippen molar-refractivity contribution < 1.29 is 4.42 Å². The first-order valence-corrected chi connectivity index (χ1v) is 6.32. The van der Waals surface area contributed by atoms with E-state index in [4.69, 9.17) is 4.42 Å². The molecule has 94 valence electrons. The standard InChI is InChI=1S/C17H15NO/c1-12-8-9-15(10-13(12)2)17-18-16(11-19-17)14-6-4-3-5-7-14/h3-11H,1-2H3. The third kappa shape index (κ3) is 2.29. The molecule has 0 aliphatic rings. The first-order valence-electron chi connectivity index (χ1n) is 6.32. The van der Waals surface area contributed by atoms with Gasteiger partial charge in [0.05, 0.1) is 0 Å². The van der Waals surface area contributed by atoms with Gasteiger partial charge in [-0.1, -0.05) is 36.4 Å². The van der Waals surface area contributed by atoms with Crippen LogP contribution >= 0.6 is 0 Å². The maximum absolute atomic E-state index is 5.59. The van der Waals surface area contributed by atoms with E-state index in [0.717, 1.165) is 16.8 Å². The summed E-state index contributed by atoms with van der Waals surface area (Å²) >= 11 is 0. The third-order valence-electron chi connectivity index (χ3n) is 3.33. The quantitative estimate of drug-likeness (QED) is 0.662. The molecule has 2 nitrogen and oxygen atoms in total. The third-order valence-corrected chi connectivity index (χ3v) is 3.33. The lowest BCUT2D eigenvalue weighted by Gasteiger charge is -2.01. The summed E-state index contributed by atoms with van der Waals surface area (Å²) in [5.41, 5.74) is 5.48. The molecule has 3 aromatic rings. The van der Waals surface area contributed by atoms with Crippen LogP contribution in [0.5, 0.6) is 0 Å². The van der Waals surface area contributed by atoms with Gasteiger partial charge in [-0.25, -0.2) is 4.98 Å². The SMILES string of the molecule is Cc1ccc(-c2nc(-c3ccccc3)co2)cc1C. The molecule has 1 aromatic heterocycles. The smallest absolute Gasteiger partial charge is 0.226 e. The van der Waals surface area contributed by atoms with Crippen LogP contribution in [0.4, 0.5) is 0 Å². The van der Waals surface area contributed by atoms with Gasteiger partial charge in [0.15, 0.2) is 0 Å². The molecule has 0 atom stereocenters. The maximum atomic E-state index is 5.59. The Labute approximate surface area is 112 Å². The molecule has 0 unspecified atom stereocenters. The molecule has 19 heavy (non-hydrogen) atoms. The van der Waals surface area contributed by atoms with Gasteiger partial charge in [-0.2, -0.15) is 0 Å². The molecular weight excluding hydrogens is 234 g/mol. The minimum Gasteiger partial charge on any atom is -0.444 e. The van der Waals surface area contributed by atoms with E-state index in [1.54, 1.807) is 6.26 Å². The van der Waals surface area contributed by atoms with Gasteiger partial charge in [0.25, 0.3) is 0 Å². The second-order valence-corrected chi connectivity index (χ2v) is 4.70. The van der Waals surface area contributed by atoms with Gasteiger partial charge in [0.1, 0.15) is 12.0 Å². The van der Waals surface area contributed by atoms with Crippen LogP contribution in [0.3, 0.4) is 0 Å². The highest BCUT2D eigenvalue weighted by atomic mass is 16.3. The molecule has 0 spiro atoms. The number of oxazole rings is 1. The zero-order chi connectivity index (χ0) is 13.2. The van der Waals surface area contributed by atoms with Crippen molar-refractivity contribution in [3.8, 4) is 22.7 Å². The van der Waals surface area contributed by atoms with Gasteiger partial charge in [-0.3, -0.25) is 0 Å². The molecule has 0 N–H and O–H groups in total. The minimum atomic E-state index is 0.668. The van der Waals surface area contributed by atoms with Gasteiger partial charge in [0, 0.05) is 11.1 Å². The average Bonchev–Trinajstić information content (AvgIpc) is 2.93. The van der Waals surface area contributed by atoms with Crippen molar-refractivity contribution in [1.29, 1.82) is 0 Å². The summed E-state index contributed by atoms with van der Waals surface area (Å²) in [6.45, 7) is 4.20. The van der Waals surface area contributed by atoms with E-state index in [0.29, 0.717) is 5.89 Å². The van der Waals surface area contributed by atoms with Crippen LogP contribution in [0, 0.1) is 13.8 Å². The van der Waals surface area contributed by atoms with Crippen molar-refractivity contribution in [2.24, 2.45) is 0 Å². The number of aryl methyl sites for hydroxylation is 2. The van der Waals surface area contributed by atoms with Crippen LogP contribution in [-0.2, 0) is 0 Å². The van der Waals surface area contributed by atoms with Gasteiger partial charge in [-0.05, 0) is 37.1 Å². The molecule has 0 bridgehead atoms. The van der Waals surface area contributed by atoms with Gasteiger partial charge in [-0.15, -0.1) is 0 Å². The predicted molar refractivity (Wildman–Crippen MR) is 76.8 cm³/mol. The van der Waals surface area contributed by atoms with Gasteiger partial charge in [0.2, 0.25) is 5.89 Å².